The predicted octanol–water partition coefficient (Wildman–Crippen LogP) is 0.0897. The van der Waals surface area contributed by atoms with E-state index < -0.39 is 0 Å². The molecule has 0 saturated heterocycles. The SMILES string of the molecule is NCCNC(=O)I. The largest absolute Gasteiger partial charge is 0.346 e. The first-order chi connectivity index (χ1) is 3.27. The number of nitrogens with two attached hydrogens (primary N) is 1. The number of carbonyl (C=O) groups excluding carboxylic acids is 1. The van der Waals surface area contributed by atoms with E-state index in [4.69, 9.17) is 5.73 Å². The summed E-state index contributed by atoms with van der Waals surface area (Å²) < 4.78 is -0.0527. The maximum Gasteiger partial charge on any atom is 0.280 e. The van der Waals surface area contributed by atoms with Crippen LogP contribution in [0.1, 0.15) is 0 Å². The van der Waals surface area contributed by atoms with Gasteiger partial charge in [-0.2, -0.15) is 0 Å². The Morgan fingerprint density at radius 2 is 2.43 bits per heavy atom. The number of rotatable bonds is 2. The Labute approximate surface area is 55.8 Å². The van der Waals surface area contributed by atoms with Gasteiger partial charge < -0.3 is 11.1 Å². The molecule has 0 heterocycles. The van der Waals surface area contributed by atoms with Crippen molar-refractivity contribution in [2.45, 2.75) is 0 Å². The van der Waals surface area contributed by atoms with Gasteiger partial charge in [-0.25, -0.2) is 0 Å². The minimum absolute atomic E-state index is 0.0527. The Bertz CT molecular complexity index is 66.0. The summed E-state index contributed by atoms with van der Waals surface area (Å²) in [6.45, 7) is 1.08. The second kappa shape index (κ2) is 4.32. The summed E-state index contributed by atoms with van der Waals surface area (Å²) in [7, 11) is 0. The quantitative estimate of drug-likeness (QED) is 0.388. The van der Waals surface area contributed by atoms with Crippen molar-refractivity contribution in [3.05, 3.63) is 0 Å². The molecule has 0 aromatic heterocycles. The van der Waals surface area contributed by atoms with E-state index in [9.17, 15) is 4.79 Å². The average Bonchev–Trinajstić information content (AvgIpc) is 1.61. The minimum atomic E-state index is -0.0527. The summed E-state index contributed by atoms with van der Waals surface area (Å²) in [5.74, 6) is 0. The number of hydrogen-bond acceptors (Lipinski definition) is 2. The van der Waals surface area contributed by atoms with Gasteiger partial charge in [-0.05, 0) is 0 Å². The lowest BCUT2D eigenvalue weighted by atomic mass is 10.7. The molecule has 0 saturated carbocycles. The molecule has 0 unspecified atom stereocenters. The Morgan fingerprint density at radius 1 is 1.86 bits per heavy atom. The van der Waals surface area contributed by atoms with Crippen molar-refractivity contribution in [1.82, 2.24) is 5.32 Å². The third-order valence-corrected chi connectivity index (χ3v) is 0.790. The summed E-state index contributed by atoms with van der Waals surface area (Å²) in [6, 6.07) is 0. The molecule has 7 heavy (non-hydrogen) atoms. The molecule has 1 amide bonds. The molecule has 0 bridgehead atoms. The molecular formula is C3H7IN2O. The Hall–Kier alpha value is 0.160. The molecule has 4 heteroatoms. The van der Waals surface area contributed by atoms with E-state index in [1.54, 1.807) is 22.6 Å². The third kappa shape index (κ3) is 6.16. The molecule has 0 rings (SSSR count). The van der Waals surface area contributed by atoms with Crippen LogP contribution in [-0.2, 0) is 0 Å². The van der Waals surface area contributed by atoms with Crippen molar-refractivity contribution < 1.29 is 4.79 Å². The number of amides is 1. The molecule has 0 aliphatic carbocycles. The Morgan fingerprint density at radius 3 is 2.57 bits per heavy atom. The normalized spacial score (nSPS) is 8.29. The predicted molar refractivity (Wildman–Crippen MR) is 36.5 cm³/mol. The molecule has 3 nitrogen and oxygen atoms in total. The van der Waals surface area contributed by atoms with E-state index in [1.807, 2.05) is 0 Å². The maximum absolute atomic E-state index is 10.0. The van der Waals surface area contributed by atoms with Gasteiger partial charge in [0.1, 0.15) is 0 Å². The Balaban J connectivity index is 2.82. The standard InChI is InChI=1S/C3H7IN2O/c4-3(7)6-2-1-5/h1-2,5H2,(H,6,7). The fourth-order valence-corrected chi connectivity index (χ4v) is 0.440. The van der Waals surface area contributed by atoms with Crippen LogP contribution < -0.4 is 11.1 Å². The van der Waals surface area contributed by atoms with Crippen LogP contribution in [0.5, 0.6) is 0 Å². The van der Waals surface area contributed by atoms with Crippen LogP contribution in [0.2, 0.25) is 0 Å². The minimum Gasteiger partial charge on any atom is -0.346 e. The summed E-state index contributed by atoms with van der Waals surface area (Å²) >= 11 is 1.66. The van der Waals surface area contributed by atoms with Crippen LogP contribution in [0.3, 0.4) is 0 Å². The lowest BCUT2D eigenvalue weighted by Crippen LogP contribution is -2.23. The first kappa shape index (κ1) is 7.16. The van der Waals surface area contributed by atoms with Gasteiger partial charge in [-0.3, -0.25) is 4.79 Å². The van der Waals surface area contributed by atoms with Gasteiger partial charge in [0.05, 0.1) is 0 Å². The zero-order chi connectivity index (χ0) is 5.70. The van der Waals surface area contributed by atoms with Crippen LogP contribution in [0, 0.1) is 0 Å². The summed E-state index contributed by atoms with van der Waals surface area (Å²) in [4.78, 5) is 10.0. The number of hydrogen-bond donors (Lipinski definition) is 2. The topological polar surface area (TPSA) is 55.1 Å². The summed E-state index contributed by atoms with van der Waals surface area (Å²) in [6.07, 6.45) is 0. The molecule has 0 spiro atoms. The lowest BCUT2D eigenvalue weighted by molar-refractivity contribution is 0.263. The van der Waals surface area contributed by atoms with Crippen molar-refractivity contribution in [1.29, 1.82) is 0 Å². The van der Waals surface area contributed by atoms with Crippen molar-refractivity contribution >= 4 is 26.5 Å². The van der Waals surface area contributed by atoms with Gasteiger partial charge in [0.15, 0.2) is 0 Å². The monoisotopic (exact) mass is 214 g/mol. The molecule has 42 valence electrons. The first-order valence-corrected chi connectivity index (χ1v) is 2.98. The van der Waals surface area contributed by atoms with E-state index in [0.717, 1.165) is 0 Å². The fraction of sp³-hybridized carbons (Fsp3) is 0.667. The fourth-order valence-electron chi connectivity index (χ4n) is 0.170. The third-order valence-electron chi connectivity index (χ3n) is 0.408. The molecule has 0 atom stereocenters. The van der Waals surface area contributed by atoms with Gasteiger partial charge in [0.2, 0.25) is 0 Å². The molecule has 0 aromatic rings. The zero-order valence-electron chi connectivity index (χ0n) is 3.78. The highest BCUT2D eigenvalue weighted by atomic mass is 127. The van der Waals surface area contributed by atoms with Crippen LogP contribution in [0.25, 0.3) is 0 Å². The van der Waals surface area contributed by atoms with Crippen molar-refractivity contribution in [3.8, 4) is 0 Å². The molecular weight excluding hydrogens is 207 g/mol. The summed E-state index contributed by atoms with van der Waals surface area (Å²) in [5, 5.41) is 2.52. The van der Waals surface area contributed by atoms with E-state index in [-0.39, 0.29) is 3.91 Å². The van der Waals surface area contributed by atoms with Gasteiger partial charge in [0.25, 0.3) is 3.91 Å². The average molecular weight is 214 g/mol. The second-order valence-corrected chi connectivity index (χ2v) is 1.97. The van der Waals surface area contributed by atoms with Gasteiger partial charge in [-0.15, -0.1) is 0 Å². The maximum atomic E-state index is 10.0. The number of carbonyl (C=O) groups is 1. The van der Waals surface area contributed by atoms with Gasteiger partial charge >= 0.3 is 0 Å². The molecule has 0 aliphatic rings. The van der Waals surface area contributed by atoms with Crippen LogP contribution in [-0.4, -0.2) is 17.0 Å². The van der Waals surface area contributed by atoms with Crippen molar-refractivity contribution in [2.24, 2.45) is 5.73 Å². The van der Waals surface area contributed by atoms with E-state index in [1.165, 1.54) is 0 Å². The van der Waals surface area contributed by atoms with E-state index in [2.05, 4.69) is 5.32 Å². The van der Waals surface area contributed by atoms with Crippen molar-refractivity contribution in [2.75, 3.05) is 13.1 Å². The highest BCUT2D eigenvalue weighted by molar-refractivity contribution is 14.1. The van der Waals surface area contributed by atoms with Gasteiger partial charge in [0, 0.05) is 35.7 Å². The summed E-state index contributed by atoms with van der Waals surface area (Å²) in [5.41, 5.74) is 5.06. The molecule has 0 radical (unpaired) electrons. The number of nitrogens with one attached hydrogen (secondary N) is 1. The molecule has 3 N–H and O–H groups in total. The highest BCUT2D eigenvalue weighted by Crippen LogP contribution is 1.79. The first-order valence-electron chi connectivity index (χ1n) is 1.90. The Kier molecular flexibility index (Phi) is 4.42. The van der Waals surface area contributed by atoms with Crippen LogP contribution >= 0.6 is 22.6 Å². The van der Waals surface area contributed by atoms with E-state index >= 15 is 0 Å². The highest BCUT2D eigenvalue weighted by Gasteiger charge is 1.85. The molecule has 0 aliphatic heterocycles. The smallest absolute Gasteiger partial charge is 0.280 e. The number of halogens is 1. The van der Waals surface area contributed by atoms with Crippen LogP contribution in [0.15, 0.2) is 0 Å². The lowest BCUT2D eigenvalue weighted by Gasteiger charge is -1.92. The molecule has 0 aromatic carbocycles. The van der Waals surface area contributed by atoms with E-state index in [0.29, 0.717) is 13.1 Å². The van der Waals surface area contributed by atoms with Crippen molar-refractivity contribution in [3.63, 3.8) is 0 Å². The molecule has 0 fully saturated rings. The van der Waals surface area contributed by atoms with Crippen LogP contribution in [0.4, 0.5) is 4.79 Å². The second-order valence-electron chi connectivity index (χ2n) is 0.989. The van der Waals surface area contributed by atoms with Gasteiger partial charge in [-0.1, -0.05) is 0 Å². The zero-order valence-corrected chi connectivity index (χ0v) is 5.94.